The Morgan fingerprint density at radius 1 is 1.24 bits per heavy atom. The maximum Gasteiger partial charge on any atom is 0.155 e. The molecule has 0 aromatic heterocycles. The summed E-state index contributed by atoms with van der Waals surface area (Å²) in [4.78, 5) is 11.9. The second kappa shape index (κ2) is 4.44. The zero-order chi connectivity index (χ0) is 16.6. The van der Waals surface area contributed by atoms with E-state index in [9.17, 15) is 9.90 Å². The molecule has 0 bridgehead atoms. The minimum atomic E-state index is -0.578. The highest BCUT2D eigenvalue weighted by Gasteiger charge is 2.58. The molecular weight excluding hydrogens is 260 g/mol. The predicted octanol–water partition coefficient (Wildman–Crippen LogP) is 3.88. The normalized spacial score (nSPS) is 61.1. The van der Waals surface area contributed by atoms with Gasteiger partial charge in [0.25, 0.3) is 0 Å². The van der Waals surface area contributed by atoms with Crippen LogP contribution < -0.4 is 0 Å². The number of fused-ring (bicyclic) bond motifs is 5. The molecule has 0 radical (unpaired) electrons. The number of ketones is 1. The van der Waals surface area contributed by atoms with Gasteiger partial charge in [0.1, 0.15) is 0 Å². The van der Waals surface area contributed by atoms with Crippen molar-refractivity contribution < 1.29 is 12.6 Å². The Bertz CT molecular complexity index is 574. The van der Waals surface area contributed by atoms with Crippen LogP contribution in [0.2, 0.25) is 0 Å². The molecule has 0 spiro atoms. The van der Waals surface area contributed by atoms with Gasteiger partial charge in [-0.15, -0.1) is 0 Å². The minimum absolute atomic E-state index is 0.0672. The van der Waals surface area contributed by atoms with Crippen molar-refractivity contribution in [3.63, 3.8) is 0 Å². The van der Waals surface area contributed by atoms with Crippen molar-refractivity contribution >= 4 is 5.78 Å². The lowest BCUT2D eigenvalue weighted by atomic mass is 9.47. The summed E-state index contributed by atoms with van der Waals surface area (Å²) in [7, 11) is 0. The van der Waals surface area contributed by atoms with Gasteiger partial charge in [0.2, 0.25) is 0 Å². The average molecular weight is 290 g/mol. The molecule has 0 aromatic carbocycles. The molecule has 4 aliphatic carbocycles. The van der Waals surface area contributed by atoms with Gasteiger partial charge < -0.3 is 5.11 Å². The van der Waals surface area contributed by atoms with Crippen LogP contribution in [0.4, 0.5) is 0 Å². The lowest BCUT2D eigenvalue weighted by Crippen LogP contribution is -2.51. The van der Waals surface area contributed by atoms with Gasteiger partial charge in [-0.05, 0) is 79.6 Å². The molecule has 0 amide bonds. The molecule has 4 aliphatic rings. The third-order valence-corrected chi connectivity index (χ3v) is 7.47. The number of carbonyl (C=O) groups is 1. The SMILES string of the molecule is [2H][C@H]1[C@H]2[C@@H]3CC[C@H](O)[C@@]3(C)CC[C@@H]2[C@@]2(C)CCC(=O)C=C2[C@H]1[2H]. The predicted molar refractivity (Wildman–Crippen MR) is 82.7 cm³/mol. The van der Waals surface area contributed by atoms with E-state index in [1.54, 1.807) is 6.08 Å². The van der Waals surface area contributed by atoms with E-state index in [1.807, 2.05) is 0 Å². The fraction of sp³-hybridized carbons (Fsp3) is 0.842. The first kappa shape index (κ1) is 11.9. The van der Waals surface area contributed by atoms with Crippen molar-refractivity contribution in [1.29, 1.82) is 0 Å². The summed E-state index contributed by atoms with van der Waals surface area (Å²) in [6, 6.07) is 0. The number of aliphatic hydroxyl groups excluding tert-OH is 1. The summed E-state index contributed by atoms with van der Waals surface area (Å²) in [6.45, 7) is 4.44. The molecule has 116 valence electrons. The summed E-state index contributed by atoms with van der Waals surface area (Å²) in [5, 5.41) is 10.5. The standard InChI is InChI=1S/C19H28O2/c1-18-9-7-13(20)11-12(18)3-4-14-15-5-6-17(21)19(15,2)10-8-16(14)18/h11,14-17,21H,3-10H2,1-2H3/t14-,15-,16-,17-,18-,19-/m0/s1/i3D,4D/t3-,4+,14-,15-,16-,17-,18-,19-. The van der Waals surface area contributed by atoms with Crippen LogP contribution in [-0.2, 0) is 4.79 Å². The van der Waals surface area contributed by atoms with E-state index in [0.717, 1.165) is 37.7 Å². The molecule has 8 atom stereocenters. The zero-order valence-electron chi connectivity index (χ0n) is 15.1. The van der Waals surface area contributed by atoms with E-state index in [4.69, 9.17) is 2.74 Å². The van der Waals surface area contributed by atoms with E-state index in [0.29, 0.717) is 18.3 Å². The minimum Gasteiger partial charge on any atom is -0.393 e. The maximum absolute atomic E-state index is 11.9. The Morgan fingerprint density at radius 2 is 2.05 bits per heavy atom. The number of hydrogen-bond acceptors (Lipinski definition) is 2. The number of aliphatic hydroxyl groups is 1. The molecule has 0 aromatic rings. The monoisotopic (exact) mass is 290 g/mol. The van der Waals surface area contributed by atoms with Gasteiger partial charge in [-0.3, -0.25) is 4.79 Å². The highest BCUT2D eigenvalue weighted by Crippen LogP contribution is 2.65. The molecule has 0 aliphatic heterocycles. The van der Waals surface area contributed by atoms with Crippen LogP contribution in [-0.4, -0.2) is 17.0 Å². The van der Waals surface area contributed by atoms with Crippen molar-refractivity contribution in [2.24, 2.45) is 28.6 Å². The summed E-state index contributed by atoms with van der Waals surface area (Å²) in [6.07, 6.45) is 5.73. The number of allylic oxidation sites excluding steroid dienone is 1. The second-order valence-corrected chi connectivity index (χ2v) is 8.27. The van der Waals surface area contributed by atoms with Crippen molar-refractivity contribution in [3.05, 3.63) is 11.6 Å². The van der Waals surface area contributed by atoms with Gasteiger partial charge in [-0.2, -0.15) is 0 Å². The van der Waals surface area contributed by atoms with Crippen LogP contribution in [0.3, 0.4) is 0 Å². The third kappa shape index (κ3) is 1.78. The number of carbonyl (C=O) groups excluding carboxylic acids is 1. The molecule has 3 fully saturated rings. The highest BCUT2D eigenvalue weighted by molar-refractivity contribution is 5.91. The van der Waals surface area contributed by atoms with Crippen LogP contribution in [0, 0.1) is 28.6 Å². The summed E-state index contributed by atoms with van der Waals surface area (Å²) < 4.78 is 17.4. The van der Waals surface area contributed by atoms with Crippen molar-refractivity contribution in [2.45, 2.75) is 71.3 Å². The maximum atomic E-state index is 11.9. The first-order valence-electron chi connectivity index (χ1n) is 9.72. The summed E-state index contributed by atoms with van der Waals surface area (Å²) in [5.41, 5.74) is 0.775. The Kier molecular flexibility index (Phi) is 2.51. The van der Waals surface area contributed by atoms with Crippen molar-refractivity contribution in [2.75, 3.05) is 0 Å². The van der Waals surface area contributed by atoms with Crippen LogP contribution in [0.1, 0.15) is 67.9 Å². The molecule has 0 heterocycles. The molecular formula is C19H28O2. The van der Waals surface area contributed by atoms with E-state index >= 15 is 0 Å². The Labute approximate surface area is 130 Å². The molecule has 2 heteroatoms. The third-order valence-electron chi connectivity index (χ3n) is 7.47. The van der Waals surface area contributed by atoms with Gasteiger partial charge in [-0.1, -0.05) is 19.4 Å². The van der Waals surface area contributed by atoms with Crippen molar-refractivity contribution in [3.8, 4) is 0 Å². The lowest BCUT2D eigenvalue weighted by molar-refractivity contribution is -0.118. The molecule has 4 rings (SSSR count). The number of rotatable bonds is 0. The molecule has 1 N–H and O–H groups in total. The van der Waals surface area contributed by atoms with Crippen LogP contribution in [0.15, 0.2) is 11.6 Å². The van der Waals surface area contributed by atoms with E-state index in [2.05, 4.69) is 13.8 Å². The van der Waals surface area contributed by atoms with Crippen LogP contribution in [0.25, 0.3) is 0 Å². The Hall–Kier alpha value is -0.630. The topological polar surface area (TPSA) is 37.3 Å². The second-order valence-electron chi connectivity index (χ2n) is 8.27. The van der Waals surface area contributed by atoms with E-state index in [1.165, 1.54) is 0 Å². The van der Waals surface area contributed by atoms with Crippen molar-refractivity contribution in [1.82, 2.24) is 0 Å². The molecule has 0 saturated heterocycles. The fourth-order valence-electron chi connectivity index (χ4n) is 5.97. The average Bonchev–Trinajstić information content (AvgIpc) is 2.82. The molecule has 2 nitrogen and oxygen atoms in total. The fourth-order valence-corrected chi connectivity index (χ4v) is 5.97. The van der Waals surface area contributed by atoms with E-state index in [-0.39, 0.29) is 28.6 Å². The smallest absolute Gasteiger partial charge is 0.155 e. The van der Waals surface area contributed by atoms with Crippen LogP contribution >= 0.6 is 0 Å². The van der Waals surface area contributed by atoms with Gasteiger partial charge in [-0.25, -0.2) is 0 Å². The van der Waals surface area contributed by atoms with Crippen LogP contribution in [0.5, 0.6) is 0 Å². The molecule has 3 saturated carbocycles. The Balaban J connectivity index is 1.78. The highest BCUT2D eigenvalue weighted by atomic mass is 16.3. The summed E-state index contributed by atoms with van der Waals surface area (Å²) in [5.74, 6) is 1.10. The largest absolute Gasteiger partial charge is 0.393 e. The first-order valence-corrected chi connectivity index (χ1v) is 8.56. The quantitative estimate of drug-likeness (QED) is 0.735. The molecule has 0 unspecified atom stereocenters. The lowest BCUT2D eigenvalue weighted by Gasteiger charge is -2.57. The number of hydrogen-bond donors (Lipinski definition) is 1. The van der Waals surface area contributed by atoms with Gasteiger partial charge >= 0.3 is 0 Å². The first-order chi connectivity index (χ1) is 10.8. The van der Waals surface area contributed by atoms with Gasteiger partial charge in [0.05, 0.1) is 6.10 Å². The zero-order valence-corrected chi connectivity index (χ0v) is 13.1. The van der Waals surface area contributed by atoms with Gasteiger partial charge in [0.15, 0.2) is 5.78 Å². The summed E-state index contributed by atoms with van der Waals surface area (Å²) >= 11 is 0. The molecule has 21 heavy (non-hydrogen) atoms. The Morgan fingerprint density at radius 3 is 2.86 bits per heavy atom. The van der Waals surface area contributed by atoms with Gasteiger partial charge in [0, 0.05) is 9.16 Å². The van der Waals surface area contributed by atoms with E-state index < -0.39 is 12.8 Å².